The molecule has 2 atom stereocenters. The van der Waals surface area contributed by atoms with Crippen molar-refractivity contribution in [2.45, 2.75) is 18.4 Å². The van der Waals surface area contributed by atoms with Gasteiger partial charge in [0.15, 0.2) is 0 Å². The van der Waals surface area contributed by atoms with Crippen LogP contribution < -0.4 is 20.7 Å². The molecule has 2 unspecified atom stereocenters. The van der Waals surface area contributed by atoms with Crippen molar-refractivity contribution in [1.82, 2.24) is 10.6 Å². The quantitative estimate of drug-likeness (QED) is 0.715. The van der Waals surface area contributed by atoms with Crippen LogP contribution in [0, 0.1) is 11.6 Å². The van der Waals surface area contributed by atoms with Crippen LogP contribution in [0.2, 0.25) is 4.34 Å². The Labute approximate surface area is 162 Å². The second kappa shape index (κ2) is 8.10. The molecule has 1 aliphatic rings. The first kappa shape index (κ1) is 19.4. The molecule has 3 rings (SSSR count). The van der Waals surface area contributed by atoms with Gasteiger partial charge in [0, 0.05) is 36.6 Å². The Balaban J connectivity index is 1.81. The van der Waals surface area contributed by atoms with Gasteiger partial charge in [-0.25, -0.2) is 13.6 Å². The zero-order chi connectivity index (χ0) is 19.6. The standard InChI is InChI=1S/C17H16ClF2N3O3S/c1-26-8-4-10(19)16(11(20)5-8)9-6-14(24)21-7-12(9)22-17(25)23-15-3-2-13(18)27-15/h2-5,9,12H,6-7H2,1H3,(H,21,24)(H2,22,23,25). The van der Waals surface area contributed by atoms with Gasteiger partial charge in [-0.15, -0.1) is 11.3 Å². The smallest absolute Gasteiger partial charge is 0.320 e. The SMILES string of the molecule is COc1cc(F)c(C2CC(=O)NCC2NC(=O)Nc2ccc(Cl)s2)c(F)c1. The molecule has 1 aromatic carbocycles. The number of carbonyl (C=O) groups is 2. The summed E-state index contributed by atoms with van der Waals surface area (Å²) in [6, 6.07) is 4.11. The first-order valence-corrected chi connectivity index (χ1v) is 9.19. The molecule has 3 amide bonds. The fourth-order valence-corrected chi connectivity index (χ4v) is 3.90. The zero-order valence-electron chi connectivity index (χ0n) is 14.1. The predicted molar refractivity (Wildman–Crippen MR) is 98.5 cm³/mol. The molecule has 144 valence electrons. The molecule has 1 saturated heterocycles. The number of urea groups is 1. The average Bonchev–Trinajstić information content (AvgIpc) is 3.01. The van der Waals surface area contributed by atoms with Gasteiger partial charge < -0.3 is 15.4 Å². The summed E-state index contributed by atoms with van der Waals surface area (Å²) in [6.45, 7) is 0.0486. The number of piperidine rings is 1. The molecule has 10 heteroatoms. The maximum atomic E-state index is 14.5. The van der Waals surface area contributed by atoms with Gasteiger partial charge in [-0.3, -0.25) is 10.1 Å². The molecular weight excluding hydrogens is 400 g/mol. The molecule has 2 heterocycles. The van der Waals surface area contributed by atoms with Crippen LogP contribution in [0.4, 0.5) is 18.6 Å². The van der Waals surface area contributed by atoms with Gasteiger partial charge in [-0.1, -0.05) is 11.6 Å². The normalized spacial score (nSPS) is 19.3. The summed E-state index contributed by atoms with van der Waals surface area (Å²) in [5.41, 5.74) is -0.255. The van der Waals surface area contributed by atoms with E-state index in [9.17, 15) is 18.4 Å². The molecule has 0 saturated carbocycles. The van der Waals surface area contributed by atoms with Crippen molar-refractivity contribution in [3.05, 3.63) is 45.8 Å². The lowest BCUT2D eigenvalue weighted by Crippen LogP contribution is -2.53. The molecule has 1 aliphatic heterocycles. The van der Waals surface area contributed by atoms with Crippen LogP contribution in [-0.2, 0) is 4.79 Å². The summed E-state index contributed by atoms with van der Waals surface area (Å²) in [6.07, 6.45) is -0.157. The molecule has 0 aliphatic carbocycles. The van der Waals surface area contributed by atoms with Crippen molar-refractivity contribution in [3.63, 3.8) is 0 Å². The number of amides is 3. The van der Waals surface area contributed by atoms with Crippen molar-refractivity contribution in [3.8, 4) is 5.75 Å². The van der Waals surface area contributed by atoms with Gasteiger partial charge >= 0.3 is 6.03 Å². The lowest BCUT2D eigenvalue weighted by atomic mass is 9.85. The highest BCUT2D eigenvalue weighted by atomic mass is 35.5. The molecule has 2 aromatic rings. The number of hydrogen-bond donors (Lipinski definition) is 3. The van der Waals surface area contributed by atoms with E-state index < -0.39 is 29.6 Å². The van der Waals surface area contributed by atoms with Gasteiger partial charge in [0.05, 0.1) is 22.5 Å². The number of anilines is 1. The highest BCUT2D eigenvalue weighted by Gasteiger charge is 2.35. The van der Waals surface area contributed by atoms with E-state index in [1.807, 2.05) is 0 Å². The minimum Gasteiger partial charge on any atom is -0.497 e. The van der Waals surface area contributed by atoms with Crippen LogP contribution in [0.5, 0.6) is 5.75 Å². The molecule has 6 nitrogen and oxygen atoms in total. The number of halogens is 3. The third kappa shape index (κ3) is 4.48. The zero-order valence-corrected chi connectivity index (χ0v) is 15.7. The maximum absolute atomic E-state index is 14.5. The lowest BCUT2D eigenvalue weighted by Gasteiger charge is -2.32. The van der Waals surface area contributed by atoms with Crippen LogP contribution in [0.1, 0.15) is 17.9 Å². The molecular formula is C17H16ClF2N3O3S. The van der Waals surface area contributed by atoms with E-state index in [-0.39, 0.29) is 30.2 Å². The number of benzene rings is 1. The van der Waals surface area contributed by atoms with E-state index in [1.165, 1.54) is 18.4 Å². The minimum absolute atomic E-state index is 0.0332. The Morgan fingerprint density at radius 1 is 1.33 bits per heavy atom. The number of methoxy groups -OCH3 is 1. The Morgan fingerprint density at radius 2 is 2.04 bits per heavy atom. The second-order valence-corrected chi connectivity index (χ2v) is 7.64. The Kier molecular flexibility index (Phi) is 5.81. The van der Waals surface area contributed by atoms with Gasteiger partial charge in [-0.2, -0.15) is 0 Å². The highest BCUT2D eigenvalue weighted by molar-refractivity contribution is 7.20. The van der Waals surface area contributed by atoms with Crippen molar-refractivity contribution in [2.24, 2.45) is 0 Å². The van der Waals surface area contributed by atoms with Crippen molar-refractivity contribution in [2.75, 3.05) is 19.0 Å². The third-order valence-corrected chi connectivity index (χ3v) is 5.34. The number of ether oxygens (including phenoxy) is 1. The van der Waals surface area contributed by atoms with E-state index in [0.29, 0.717) is 9.34 Å². The third-order valence-electron chi connectivity index (χ3n) is 4.20. The molecule has 1 fully saturated rings. The van der Waals surface area contributed by atoms with Gasteiger partial charge in [0.2, 0.25) is 5.91 Å². The van der Waals surface area contributed by atoms with Crippen molar-refractivity contribution >= 4 is 39.9 Å². The van der Waals surface area contributed by atoms with E-state index in [1.54, 1.807) is 12.1 Å². The minimum atomic E-state index is -0.859. The molecule has 3 N–H and O–H groups in total. The molecule has 1 aromatic heterocycles. The molecule has 27 heavy (non-hydrogen) atoms. The number of thiophene rings is 1. The monoisotopic (exact) mass is 415 g/mol. The summed E-state index contributed by atoms with van der Waals surface area (Å²) in [5, 5.41) is 8.39. The first-order chi connectivity index (χ1) is 12.9. The van der Waals surface area contributed by atoms with Crippen LogP contribution in [0.15, 0.2) is 24.3 Å². The van der Waals surface area contributed by atoms with Gasteiger partial charge in [0.1, 0.15) is 17.4 Å². The lowest BCUT2D eigenvalue weighted by molar-refractivity contribution is -0.123. The Hall–Kier alpha value is -2.39. The van der Waals surface area contributed by atoms with Gasteiger partial charge in [0.25, 0.3) is 0 Å². The molecule has 0 radical (unpaired) electrons. The summed E-state index contributed by atoms with van der Waals surface area (Å²) in [5.74, 6) is -2.83. The highest BCUT2D eigenvalue weighted by Crippen LogP contribution is 2.33. The van der Waals surface area contributed by atoms with E-state index >= 15 is 0 Å². The molecule has 0 bridgehead atoms. The number of rotatable bonds is 4. The predicted octanol–water partition coefficient (Wildman–Crippen LogP) is 3.48. The Bertz CT molecular complexity index is 854. The summed E-state index contributed by atoms with van der Waals surface area (Å²) < 4.78 is 34.3. The van der Waals surface area contributed by atoms with Crippen molar-refractivity contribution in [1.29, 1.82) is 0 Å². The van der Waals surface area contributed by atoms with E-state index in [2.05, 4.69) is 16.0 Å². The van der Waals surface area contributed by atoms with Crippen LogP contribution >= 0.6 is 22.9 Å². The fraction of sp³-hybridized carbons (Fsp3) is 0.294. The largest absolute Gasteiger partial charge is 0.497 e. The van der Waals surface area contributed by atoms with Gasteiger partial charge in [-0.05, 0) is 12.1 Å². The Morgan fingerprint density at radius 3 is 2.63 bits per heavy atom. The average molecular weight is 416 g/mol. The number of nitrogens with one attached hydrogen (secondary N) is 3. The van der Waals surface area contributed by atoms with Crippen LogP contribution in [0.3, 0.4) is 0 Å². The second-order valence-electron chi connectivity index (χ2n) is 5.93. The number of hydrogen-bond acceptors (Lipinski definition) is 4. The topological polar surface area (TPSA) is 79.5 Å². The first-order valence-electron chi connectivity index (χ1n) is 8.00. The fourth-order valence-electron chi connectivity index (χ4n) is 2.97. The van der Waals surface area contributed by atoms with E-state index in [0.717, 1.165) is 12.1 Å². The molecule has 0 spiro atoms. The van der Waals surface area contributed by atoms with E-state index in [4.69, 9.17) is 16.3 Å². The number of carbonyl (C=O) groups excluding carboxylic acids is 2. The summed E-state index contributed by atoms with van der Waals surface area (Å²) in [4.78, 5) is 24.0. The summed E-state index contributed by atoms with van der Waals surface area (Å²) >= 11 is 6.99. The van der Waals surface area contributed by atoms with Crippen LogP contribution in [-0.4, -0.2) is 31.6 Å². The summed E-state index contributed by atoms with van der Waals surface area (Å²) in [7, 11) is 1.30. The van der Waals surface area contributed by atoms with Crippen molar-refractivity contribution < 1.29 is 23.1 Å². The maximum Gasteiger partial charge on any atom is 0.320 e. The van der Waals surface area contributed by atoms with Crippen LogP contribution in [0.25, 0.3) is 0 Å².